The summed E-state index contributed by atoms with van der Waals surface area (Å²) in [7, 11) is 0. The van der Waals surface area contributed by atoms with E-state index < -0.39 is 0 Å². The maximum absolute atomic E-state index is 11.5. The van der Waals surface area contributed by atoms with Crippen molar-refractivity contribution in [2.45, 2.75) is 20.0 Å². The number of carbonyl (C=O) groups is 1. The molecule has 88 valence electrons. The van der Waals surface area contributed by atoms with Gasteiger partial charge in [0.2, 0.25) is 0 Å². The van der Waals surface area contributed by atoms with Crippen LogP contribution >= 0.6 is 11.6 Å². The maximum atomic E-state index is 11.5. The van der Waals surface area contributed by atoms with Crippen LogP contribution in [0.15, 0.2) is 24.3 Å². The van der Waals surface area contributed by atoms with Crippen LogP contribution in [0.1, 0.15) is 18.9 Å². The van der Waals surface area contributed by atoms with Crippen molar-refractivity contribution >= 4 is 17.6 Å². The van der Waals surface area contributed by atoms with Gasteiger partial charge in [0.05, 0.1) is 5.92 Å². The molecule has 3 nitrogen and oxygen atoms in total. The molecular formula is C12H16ClNO2. The Morgan fingerprint density at radius 1 is 1.44 bits per heavy atom. The van der Waals surface area contributed by atoms with Gasteiger partial charge in [-0.2, -0.15) is 0 Å². The first kappa shape index (κ1) is 13.0. The lowest BCUT2D eigenvalue weighted by molar-refractivity contribution is -0.149. The number of carbonyl (C=O) groups excluding carboxylic acids is 1. The first-order valence-corrected chi connectivity index (χ1v) is 5.62. The molecule has 16 heavy (non-hydrogen) atoms. The van der Waals surface area contributed by atoms with Gasteiger partial charge in [0.15, 0.2) is 0 Å². The van der Waals surface area contributed by atoms with E-state index in [0.29, 0.717) is 18.0 Å². The Morgan fingerprint density at radius 3 is 2.62 bits per heavy atom. The van der Waals surface area contributed by atoms with Crippen LogP contribution in [0.2, 0.25) is 5.02 Å². The molecule has 1 aromatic carbocycles. The van der Waals surface area contributed by atoms with E-state index in [0.717, 1.165) is 5.56 Å². The summed E-state index contributed by atoms with van der Waals surface area (Å²) < 4.78 is 5.14. The molecule has 1 atom stereocenters. The second kappa shape index (κ2) is 6.51. The minimum absolute atomic E-state index is 0.141. The summed E-state index contributed by atoms with van der Waals surface area (Å²) in [6.45, 7) is 2.60. The molecule has 0 saturated heterocycles. The molecule has 1 aromatic rings. The highest BCUT2D eigenvalue weighted by molar-refractivity contribution is 6.30. The molecule has 0 aromatic heterocycles. The van der Waals surface area contributed by atoms with Gasteiger partial charge in [-0.05, 0) is 30.7 Å². The normalized spacial score (nSPS) is 12.2. The van der Waals surface area contributed by atoms with Crippen LogP contribution < -0.4 is 5.73 Å². The van der Waals surface area contributed by atoms with Crippen molar-refractivity contribution in [3.63, 3.8) is 0 Å². The lowest BCUT2D eigenvalue weighted by atomic mass is 10.1. The van der Waals surface area contributed by atoms with Gasteiger partial charge in [0, 0.05) is 5.02 Å². The molecule has 1 rings (SSSR count). The summed E-state index contributed by atoms with van der Waals surface area (Å²) in [6, 6.07) is 7.22. The molecule has 0 radical (unpaired) electrons. The van der Waals surface area contributed by atoms with Crippen molar-refractivity contribution in [2.24, 2.45) is 11.7 Å². The highest BCUT2D eigenvalue weighted by Crippen LogP contribution is 2.11. The van der Waals surface area contributed by atoms with Crippen molar-refractivity contribution < 1.29 is 9.53 Å². The van der Waals surface area contributed by atoms with Crippen molar-refractivity contribution in [1.82, 2.24) is 0 Å². The minimum Gasteiger partial charge on any atom is -0.461 e. The number of hydrogen-bond donors (Lipinski definition) is 1. The van der Waals surface area contributed by atoms with Crippen molar-refractivity contribution in [3.05, 3.63) is 34.9 Å². The van der Waals surface area contributed by atoms with Gasteiger partial charge >= 0.3 is 5.97 Å². The zero-order valence-electron chi connectivity index (χ0n) is 9.28. The third kappa shape index (κ3) is 4.21. The average molecular weight is 242 g/mol. The fourth-order valence-electron chi connectivity index (χ4n) is 1.25. The van der Waals surface area contributed by atoms with E-state index in [1.165, 1.54) is 0 Å². The van der Waals surface area contributed by atoms with Crippen LogP contribution in [-0.2, 0) is 16.1 Å². The van der Waals surface area contributed by atoms with Gasteiger partial charge in [-0.25, -0.2) is 0 Å². The van der Waals surface area contributed by atoms with Crippen LogP contribution in [0.5, 0.6) is 0 Å². The molecule has 0 bridgehead atoms. The Labute approximate surface area is 101 Å². The van der Waals surface area contributed by atoms with Crippen LogP contribution in [0.4, 0.5) is 0 Å². The van der Waals surface area contributed by atoms with Crippen molar-refractivity contribution in [1.29, 1.82) is 0 Å². The van der Waals surface area contributed by atoms with E-state index in [9.17, 15) is 4.79 Å². The number of benzene rings is 1. The zero-order valence-corrected chi connectivity index (χ0v) is 10.0. The minimum atomic E-state index is -0.208. The van der Waals surface area contributed by atoms with Gasteiger partial charge in [-0.1, -0.05) is 30.7 Å². The smallest absolute Gasteiger partial charge is 0.309 e. The van der Waals surface area contributed by atoms with Crippen LogP contribution in [0.25, 0.3) is 0 Å². The number of hydrogen-bond acceptors (Lipinski definition) is 3. The van der Waals surface area contributed by atoms with E-state index in [4.69, 9.17) is 22.1 Å². The molecule has 2 N–H and O–H groups in total. The largest absolute Gasteiger partial charge is 0.461 e. The van der Waals surface area contributed by atoms with Crippen molar-refractivity contribution in [2.75, 3.05) is 6.54 Å². The summed E-state index contributed by atoms with van der Waals surface area (Å²) in [5, 5.41) is 0.673. The Morgan fingerprint density at radius 2 is 2.06 bits per heavy atom. The number of halogens is 1. The molecule has 0 saturated carbocycles. The van der Waals surface area contributed by atoms with E-state index in [2.05, 4.69) is 0 Å². The average Bonchev–Trinajstić information content (AvgIpc) is 2.28. The number of esters is 1. The summed E-state index contributed by atoms with van der Waals surface area (Å²) in [4.78, 5) is 11.5. The molecule has 0 aliphatic carbocycles. The second-order valence-electron chi connectivity index (χ2n) is 3.71. The maximum Gasteiger partial charge on any atom is 0.309 e. The number of ether oxygens (including phenoxy) is 1. The van der Waals surface area contributed by atoms with E-state index in [1.54, 1.807) is 12.1 Å². The first-order chi connectivity index (χ1) is 7.63. The van der Waals surface area contributed by atoms with E-state index in [1.807, 2.05) is 19.1 Å². The van der Waals surface area contributed by atoms with Crippen LogP contribution in [0, 0.1) is 5.92 Å². The Bertz CT molecular complexity index is 337. The fraction of sp³-hybridized carbons (Fsp3) is 0.417. The molecule has 0 spiro atoms. The molecule has 0 fully saturated rings. The van der Waals surface area contributed by atoms with Gasteiger partial charge < -0.3 is 10.5 Å². The third-order valence-corrected chi connectivity index (χ3v) is 2.55. The summed E-state index contributed by atoms with van der Waals surface area (Å²) in [5.41, 5.74) is 6.30. The van der Waals surface area contributed by atoms with Gasteiger partial charge in [0.1, 0.15) is 6.61 Å². The van der Waals surface area contributed by atoms with Gasteiger partial charge in [-0.3, -0.25) is 4.79 Å². The number of rotatable bonds is 5. The Hall–Kier alpha value is -1.06. The SMILES string of the molecule is CC(CCN)C(=O)OCc1ccc(Cl)cc1. The Balaban J connectivity index is 2.39. The summed E-state index contributed by atoms with van der Waals surface area (Å²) in [5.74, 6) is -0.349. The van der Waals surface area contributed by atoms with Gasteiger partial charge in [0.25, 0.3) is 0 Å². The topological polar surface area (TPSA) is 52.3 Å². The number of nitrogens with two attached hydrogens (primary N) is 1. The molecule has 0 amide bonds. The van der Waals surface area contributed by atoms with Crippen molar-refractivity contribution in [3.8, 4) is 0 Å². The third-order valence-electron chi connectivity index (χ3n) is 2.30. The van der Waals surface area contributed by atoms with Gasteiger partial charge in [-0.15, -0.1) is 0 Å². The highest BCUT2D eigenvalue weighted by Gasteiger charge is 2.13. The Kier molecular flexibility index (Phi) is 5.29. The highest BCUT2D eigenvalue weighted by atomic mass is 35.5. The molecule has 4 heteroatoms. The predicted octanol–water partition coefficient (Wildman–Crippen LogP) is 2.37. The van der Waals surface area contributed by atoms with E-state index >= 15 is 0 Å². The molecule has 0 aliphatic rings. The van der Waals surface area contributed by atoms with E-state index in [-0.39, 0.29) is 18.5 Å². The quantitative estimate of drug-likeness (QED) is 0.806. The zero-order chi connectivity index (χ0) is 12.0. The fourth-order valence-corrected chi connectivity index (χ4v) is 1.37. The molecule has 1 unspecified atom stereocenters. The standard InChI is InChI=1S/C12H16ClNO2/c1-9(6-7-14)12(15)16-8-10-2-4-11(13)5-3-10/h2-5,9H,6-8,14H2,1H3. The van der Waals surface area contributed by atoms with Crippen LogP contribution in [0.3, 0.4) is 0 Å². The lowest BCUT2D eigenvalue weighted by Gasteiger charge is -2.10. The first-order valence-electron chi connectivity index (χ1n) is 5.24. The monoisotopic (exact) mass is 241 g/mol. The van der Waals surface area contributed by atoms with Crippen LogP contribution in [-0.4, -0.2) is 12.5 Å². The summed E-state index contributed by atoms with van der Waals surface area (Å²) in [6.07, 6.45) is 0.652. The second-order valence-corrected chi connectivity index (χ2v) is 4.15. The molecular weight excluding hydrogens is 226 g/mol. The molecule has 0 heterocycles. The lowest BCUT2D eigenvalue weighted by Crippen LogP contribution is -2.18. The summed E-state index contributed by atoms with van der Waals surface area (Å²) >= 11 is 5.74. The molecule has 0 aliphatic heterocycles. The predicted molar refractivity (Wildman–Crippen MR) is 64.1 cm³/mol.